The average Bonchev–Trinajstić information content (AvgIpc) is 3.05. The van der Waals surface area contributed by atoms with Crippen molar-refractivity contribution in [3.05, 3.63) is 39.7 Å². The number of amides is 2. The molecule has 0 aliphatic carbocycles. The van der Waals surface area contributed by atoms with Gasteiger partial charge in [0.25, 0.3) is 0 Å². The molecule has 0 radical (unpaired) electrons. The van der Waals surface area contributed by atoms with E-state index in [1.807, 2.05) is 0 Å². The number of hydrogen-bond donors (Lipinski definition) is 2. The molecule has 0 spiro atoms. The molecule has 0 atom stereocenters. The molecule has 0 fully saturated rings. The lowest BCUT2D eigenvalue weighted by atomic mass is 10.4. The van der Waals surface area contributed by atoms with Crippen LogP contribution in [0.1, 0.15) is 26.1 Å². The monoisotopic (exact) mass is 309 g/mol. The number of rotatable bonds is 5. The van der Waals surface area contributed by atoms with Gasteiger partial charge in [0, 0.05) is 7.05 Å². The highest BCUT2D eigenvalue weighted by Crippen LogP contribution is 2.17. The van der Waals surface area contributed by atoms with Crippen molar-refractivity contribution in [3.8, 4) is 0 Å². The minimum Gasteiger partial charge on any atom is -0.477 e. The van der Waals surface area contributed by atoms with Crippen LogP contribution in [0.2, 0.25) is 0 Å². The first-order valence-corrected chi connectivity index (χ1v) is 7.00. The van der Waals surface area contributed by atoms with Crippen LogP contribution in [-0.4, -0.2) is 34.0 Å². The van der Waals surface area contributed by atoms with E-state index in [0.29, 0.717) is 23.0 Å². The summed E-state index contributed by atoms with van der Waals surface area (Å²) in [6.45, 7) is 2.19. The predicted octanol–water partition coefficient (Wildman–Crippen LogP) is 2.08. The van der Waals surface area contributed by atoms with Gasteiger partial charge in [-0.3, -0.25) is 0 Å². The van der Waals surface area contributed by atoms with Crippen LogP contribution in [0.3, 0.4) is 0 Å². The van der Waals surface area contributed by atoms with E-state index in [0.717, 1.165) is 11.3 Å². The average molecular weight is 309 g/mol. The smallest absolute Gasteiger partial charge is 0.347 e. The number of thiazole rings is 1. The number of nitrogens with zero attached hydrogens (tertiary/aromatic N) is 2. The van der Waals surface area contributed by atoms with E-state index < -0.39 is 5.97 Å². The zero-order valence-electron chi connectivity index (χ0n) is 11.6. The minimum absolute atomic E-state index is 0.195. The lowest BCUT2D eigenvalue weighted by molar-refractivity contribution is 0.0701. The third kappa shape index (κ3) is 3.82. The first-order chi connectivity index (χ1) is 9.97. The van der Waals surface area contributed by atoms with Crippen LogP contribution in [0.5, 0.6) is 0 Å². The molecule has 2 amide bonds. The van der Waals surface area contributed by atoms with Gasteiger partial charge in [-0.1, -0.05) is 0 Å². The largest absolute Gasteiger partial charge is 0.477 e. The van der Waals surface area contributed by atoms with Crippen LogP contribution in [-0.2, 0) is 13.1 Å². The van der Waals surface area contributed by atoms with E-state index >= 15 is 0 Å². The van der Waals surface area contributed by atoms with Crippen molar-refractivity contribution >= 4 is 23.3 Å². The summed E-state index contributed by atoms with van der Waals surface area (Å²) in [7, 11) is 1.65. The zero-order chi connectivity index (χ0) is 15.4. The van der Waals surface area contributed by atoms with Crippen molar-refractivity contribution in [1.82, 2.24) is 15.2 Å². The van der Waals surface area contributed by atoms with Crippen molar-refractivity contribution in [2.24, 2.45) is 0 Å². The van der Waals surface area contributed by atoms with Gasteiger partial charge in [-0.2, -0.15) is 0 Å². The maximum atomic E-state index is 11.9. The number of aryl methyl sites for hydroxylation is 1. The van der Waals surface area contributed by atoms with Crippen LogP contribution in [0.4, 0.5) is 4.79 Å². The topological polar surface area (TPSA) is 95.7 Å². The summed E-state index contributed by atoms with van der Waals surface area (Å²) in [6, 6.07) is 3.26. The molecule has 112 valence electrons. The van der Waals surface area contributed by atoms with E-state index in [1.54, 1.807) is 32.4 Å². The summed E-state index contributed by atoms with van der Waals surface area (Å²) in [6.07, 6.45) is 1.55. The number of aromatic nitrogens is 1. The zero-order valence-corrected chi connectivity index (χ0v) is 12.4. The molecule has 2 aromatic heterocycles. The van der Waals surface area contributed by atoms with Gasteiger partial charge in [0.15, 0.2) is 0 Å². The number of aromatic carboxylic acids is 1. The number of hydrogen-bond acceptors (Lipinski definition) is 5. The summed E-state index contributed by atoms with van der Waals surface area (Å²) >= 11 is 1.06. The molecule has 0 bridgehead atoms. The van der Waals surface area contributed by atoms with Gasteiger partial charge in [0.1, 0.15) is 15.6 Å². The van der Waals surface area contributed by atoms with E-state index in [4.69, 9.17) is 9.52 Å². The Bertz CT molecular complexity index is 636. The van der Waals surface area contributed by atoms with Gasteiger partial charge in [0.05, 0.1) is 25.0 Å². The first-order valence-electron chi connectivity index (χ1n) is 6.18. The fraction of sp³-hybridized carbons (Fsp3) is 0.308. The van der Waals surface area contributed by atoms with E-state index in [2.05, 4.69) is 10.3 Å². The quantitative estimate of drug-likeness (QED) is 0.881. The number of furan rings is 1. The first kappa shape index (κ1) is 15.0. The van der Waals surface area contributed by atoms with E-state index in [-0.39, 0.29) is 17.5 Å². The summed E-state index contributed by atoms with van der Waals surface area (Å²) in [5.41, 5.74) is 0.459. The van der Waals surface area contributed by atoms with E-state index in [1.165, 1.54) is 4.90 Å². The van der Waals surface area contributed by atoms with Crippen molar-refractivity contribution < 1.29 is 19.1 Å². The van der Waals surface area contributed by atoms with Crippen LogP contribution in [0.25, 0.3) is 0 Å². The molecule has 2 rings (SSSR count). The standard InChI is InChI=1S/C13H15N3O4S/c1-8-11(12(17)18)21-10(15-8)6-14-13(19)16(2)7-9-4-3-5-20-9/h3-5H,6-7H2,1-2H3,(H,14,19)(H,17,18). The van der Waals surface area contributed by atoms with Gasteiger partial charge in [-0.05, 0) is 19.1 Å². The lowest BCUT2D eigenvalue weighted by Gasteiger charge is -2.15. The van der Waals surface area contributed by atoms with Crippen LogP contribution >= 0.6 is 11.3 Å². The normalized spacial score (nSPS) is 10.4. The molecule has 0 aliphatic heterocycles. The summed E-state index contributed by atoms with van der Waals surface area (Å²) in [5.74, 6) is -0.316. The molecule has 7 nitrogen and oxygen atoms in total. The second kappa shape index (κ2) is 6.40. The van der Waals surface area contributed by atoms with Gasteiger partial charge in [0.2, 0.25) is 0 Å². The van der Waals surface area contributed by atoms with Crippen molar-refractivity contribution in [2.45, 2.75) is 20.0 Å². The molecular formula is C13H15N3O4S. The van der Waals surface area contributed by atoms with Crippen LogP contribution in [0.15, 0.2) is 22.8 Å². The fourth-order valence-corrected chi connectivity index (χ4v) is 2.56. The Hall–Kier alpha value is -2.35. The van der Waals surface area contributed by atoms with Gasteiger partial charge >= 0.3 is 12.0 Å². The third-order valence-corrected chi connectivity index (χ3v) is 3.89. The van der Waals surface area contributed by atoms with Gasteiger partial charge in [-0.15, -0.1) is 11.3 Å². The Morgan fingerprint density at radius 1 is 1.52 bits per heavy atom. The lowest BCUT2D eigenvalue weighted by Crippen LogP contribution is -2.36. The number of carboxylic acid groups (broad SMARTS) is 1. The highest BCUT2D eigenvalue weighted by molar-refractivity contribution is 7.13. The summed E-state index contributed by atoms with van der Waals surface area (Å²) in [5, 5.41) is 12.2. The molecule has 2 heterocycles. The molecule has 2 N–H and O–H groups in total. The minimum atomic E-state index is -1.00. The highest BCUT2D eigenvalue weighted by atomic mass is 32.1. The van der Waals surface area contributed by atoms with Crippen molar-refractivity contribution in [1.29, 1.82) is 0 Å². The number of urea groups is 1. The summed E-state index contributed by atoms with van der Waals surface area (Å²) in [4.78, 5) is 28.6. The molecular weight excluding hydrogens is 294 g/mol. The van der Waals surface area contributed by atoms with Gasteiger partial charge < -0.3 is 19.7 Å². The Morgan fingerprint density at radius 2 is 2.29 bits per heavy atom. The molecule has 0 saturated carbocycles. The van der Waals surface area contributed by atoms with E-state index in [9.17, 15) is 9.59 Å². The maximum Gasteiger partial charge on any atom is 0.347 e. The Labute approximate surface area is 125 Å². The SMILES string of the molecule is Cc1nc(CNC(=O)N(C)Cc2ccco2)sc1C(=O)O. The van der Waals surface area contributed by atoms with Crippen LogP contribution in [0, 0.1) is 6.92 Å². The summed E-state index contributed by atoms with van der Waals surface area (Å²) < 4.78 is 5.17. The van der Waals surface area contributed by atoms with Gasteiger partial charge in [-0.25, -0.2) is 14.6 Å². The molecule has 8 heteroatoms. The Balaban J connectivity index is 1.88. The highest BCUT2D eigenvalue weighted by Gasteiger charge is 2.15. The molecule has 0 saturated heterocycles. The van der Waals surface area contributed by atoms with Crippen molar-refractivity contribution in [2.75, 3.05) is 7.05 Å². The Kier molecular flexibility index (Phi) is 4.59. The van der Waals surface area contributed by atoms with Crippen molar-refractivity contribution in [3.63, 3.8) is 0 Å². The van der Waals surface area contributed by atoms with Crippen LogP contribution < -0.4 is 5.32 Å². The molecule has 0 unspecified atom stereocenters. The molecule has 0 aliphatic rings. The predicted molar refractivity (Wildman–Crippen MR) is 76.2 cm³/mol. The Morgan fingerprint density at radius 3 is 2.86 bits per heavy atom. The maximum absolute atomic E-state index is 11.9. The number of carbonyl (C=O) groups excluding carboxylic acids is 1. The number of carbonyl (C=O) groups is 2. The third-order valence-electron chi connectivity index (χ3n) is 2.75. The molecule has 0 aromatic carbocycles. The number of carboxylic acids is 1. The number of nitrogens with one attached hydrogen (secondary N) is 1. The second-order valence-electron chi connectivity index (χ2n) is 4.42. The second-order valence-corrected chi connectivity index (χ2v) is 5.51. The molecule has 2 aromatic rings. The molecule has 21 heavy (non-hydrogen) atoms. The fourth-order valence-electron chi connectivity index (χ4n) is 1.72.